The van der Waals surface area contributed by atoms with Gasteiger partial charge in [0.15, 0.2) is 19.0 Å². The molecule has 0 aromatic heterocycles. The maximum Gasteiger partial charge on any atom is 0.344 e. The van der Waals surface area contributed by atoms with Crippen LogP contribution >= 0.6 is 15.9 Å². The lowest BCUT2D eigenvalue weighted by Gasteiger charge is -2.08. The summed E-state index contributed by atoms with van der Waals surface area (Å²) in [6, 6.07) is 14.2. The van der Waals surface area contributed by atoms with Crippen LogP contribution in [0.5, 0.6) is 5.75 Å². The molecule has 0 aliphatic heterocycles. The van der Waals surface area contributed by atoms with Gasteiger partial charge < -0.3 is 9.47 Å². The number of aryl methyl sites for hydroxylation is 1. The molecule has 2 rings (SSSR count). The van der Waals surface area contributed by atoms with Crippen molar-refractivity contribution in [1.82, 2.24) is 0 Å². The Bertz CT molecular complexity index is 665. The Morgan fingerprint density at radius 2 is 1.68 bits per heavy atom. The van der Waals surface area contributed by atoms with Gasteiger partial charge in [-0.15, -0.1) is 0 Å². The molecule has 0 heterocycles. The normalized spacial score (nSPS) is 10.1. The lowest BCUT2D eigenvalue weighted by Crippen LogP contribution is -2.19. The van der Waals surface area contributed by atoms with Crippen LogP contribution in [-0.2, 0) is 9.53 Å². The molecule has 0 amide bonds. The van der Waals surface area contributed by atoms with Gasteiger partial charge in [0.2, 0.25) is 0 Å². The van der Waals surface area contributed by atoms with Gasteiger partial charge in [0.05, 0.1) is 0 Å². The van der Waals surface area contributed by atoms with Gasteiger partial charge in [-0.1, -0.05) is 46.3 Å². The van der Waals surface area contributed by atoms with Crippen molar-refractivity contribution in [3.8, 4) is 5.75 Å². The number of hydrogen-bond donors (Lipinski definition) is 0. The highest BCUT2D eigenvalue weighted by Crippen LogP contribution is 2.16. The third-order valence-corrected chi connectivity index (χ3v) is 3.50. The second-order valence-electron chi connectivity index (χ2n) is 4.64. The van der Waals surface area contributed by atoms with Gasteiger partial charge in [0.25, 0.3) is 0 Å². The molecule has 2 aromatic carbocycles. The van der Waals surface area contributed by atoms with Gasteiger partial charge in [0.1, 0.15) is 5.75 Å². The molecular formula is C17H15BrO4. The Morgan fingerprint density at radius 1 is 1.00 bits per heavy atom. The molecule has 22 heavy (non-hydrogen) atoms. The number of ether oxygens (including phenoxy) is 2. The van der Waals surface area contributed by atoms with E-state index in [1.165, 1.54) is 0 Å². The predicted molar refractivity (Wildman–Crippen MR) is 86.1 cm³/mol. The first-order chi connectivity index (χ1) is 10.6. The van der Waals surface area contributed by atoms with Crippen LogP contribution < -0.4 is 4.74 Å². The molecule has 0 N–H and O–H groups in total. The van der Waals surface area contributed by atoms with E-state index in [0.29, 0.717) is 11.3 Å². The third kappa shape index (κ3) is 4.70. The highest BCUT2D eigenvalue weighted by Gasteiger charge is 2.11. The zero-order chi connectivity index (χ0) is 15.9. The van der Waals surface area contributed by atoms with Crippen LogP contribution in [0.4, 0.5) is 0 Å². The zero-order valence-electron chi connectivity index (χ0n) is 12.0. The van der Waals surface area contributed by atoms with Gasteiger partial charge in [0, 0.05) is 10.0 Å². The van der Waals surface area contributed by atoms with E-state index in [9.17, 15) is 9.59 Å². The SMILES string of the molecule is Cc1ccccc1OCC(=O)OCC(=O)c1ccc(Br)cc1. The van der Waals surface area contributed by atoms with Crippen LogP contribution in [0.3, 0.4) is 0 Å². The van der Waals surface area contributed by atoms with Gasteiger partial charge in [-0.05, 0) is 30.7 Å². The third-order valence-electron chi connectivity index (χ3n) is 2.97. The number of carbonyl (C=O) groups is 2. The first-order valence-electron chi connectivity index (χ1n) is 6.69. The average Bonchev–Trinajstić information content (AvgIpc) is 2.52. The summed E-state index contributed by atoms with van der Waals surface area (Å²) in [5.74, 6) is -0.204. The molecule has 0 bridgehead atoms. The van der Waals surface area contributed by atoms with Gasteiger partial charge in [-0.25, -0.2) is 4.79 Å². The minimum Gasteiger partial charge on any atom is -0.482 e. The van der Waals surface area contributed by atoms with Crippen LogP contribution in [-0.4, -0.2) is 25.0 Å². The molecule has 4 nitrogen and oxygen atoms in total. The first-order valence-corrected chi connectivity index (χ1v) is 7.48. The Kier molecular flexibility index (Phi) is 5.72. The summed E-state index contributed by atoms with van der Waals surface area (Å²) in [4.78, 5) is 23.5. The van der Waals surface area contributed by atoms with E-state index in [-0.39, 0.29) is 19.0 Å². The summed E-state index contributed by atoms with van der Waals surface area (Å²) < 4.78 is 11.2. The van der Waals surface area contributed by atoms with Gasteiger partial charge in [-0.2, -0.15) is 0 Å². The summed E-state index contributed by atoms with van der Waals surface area (Å²) in [7, 11) is 0. The van der Waals surface area contributed by atoms with E-state index in [4.69, 9.17) is 9.47 Å². The van der Waals surface area contributed by atoms with Crippen molar-refractivity contribution in [2.75, 3.05) is 13.2 Å². The molecular weight excluding hydrogens is 348 g/mol. The quantitative estimate of drug-likeness (QED) is 0.582. The molecule has 0 aliphatic carbocycles. The minimum absolute atomic E-state index is 0.224. The van der Waals surface area contributed by atoms with Crippen LogP contribution in [0.1, 0.15) is 15.9 Å². The number of rotatable bonds is 6. The molecule has 5 heteroatoms. The van der Waals surface area contributed by atoms with E-state index in [1.807, 2.05) is 25.1 Å². The van der Waals surface area contributed by atoms with E-state index >= 15 is 0 Å². The van der Waals surface area contributed by atoms with Crippen molar-refractivity contribution < 1.29 is 19.1 Å². The second kappa shape index (κ2) is 7.75. The number of Topliss-reactive ketones (excluding diaryl/α,β-unsaturated/α-hetero) is 1. The van der Waals surface area contributed by atoms with Crippen molar-refractivity contribution >= 4 is 27.7 Å². The Labute approximate surface area is 137 Å². The smallest absolute Gasteiger partial charge is 0.344 e. The maximum atomic E-state index is 11.9. The van der Waals surface area contributed by atoms with Crippen molar-refractivity contribution in [3.05, 3.63) is 64.1 Å². The predicted octanol–water partition coefficient (Wildman–Crippen LogP) is 3.56. The molecule has 114 valence electrons. The molecule has 0 aliphatic rings. The highest BCUT2D eigenvalue weighted by molar-refractivity contribution is 9.10. The van der Waals surface area contributed by atoms with Crippen molar-refractivity contribution in [2.24, 2.45) is 0 Å². The van der Waals surface area contributed by atoms with Crippen LogP contribution in [0.2, 0.25) is 0 Å². The number of benzene rings is 2. The summed E-state index contributed by atoms with van der Waals surface area (Å²) >= 11 is 3.29. The standard InChI is InChI=1S/C17H15BrO4/c1-12-4-2-3-5-16(12)21-11-17(20)22-10-15(19)13-6-8-14(18)9-7-13/h2-9H,10-11H2,1H3. The lowest BCUT2D eigenvalue weighted by atomic mass is 10.1. The number of hydrogen-bond acceptors (Lipinski definition) is 4. The van der Waals surface area contributed by atoms with Crippen LogP contribution in [0.25, 0.3) is 0 Å². The molecule has 0 atom stereocenters. The average molecular weight is 363 g/mol. The minimum atomic E-state index is -0.575. The lowest BCUT2D eigenvalue weighted by molar-refractivity contribution is -0.144. The van der Waals surface area contributed by atoms with Crippen molar-refractivity contribution in [3.63, 3.8) is 0 Å². The molecule has 0 fully saturated rings. The fraction of sp³-hybridized carbons (Fsp3) is 0.176. The van der Waals surface area contributed by atoms with Crippen LogP contribution in [0, 0.1) is 6.92 Å². The molecule has 0 spiro atoms. The number of para-hydroxylation sites is 1. The molecule has 2 aromatic rings. The summed E-state index contributed by atoms with van der Waals surface area (Å²) in [6.45, 7) is 1.37. The number of halogens is 1. The highest BCUT2D eigenvalue weighted by atomic mass is 79.9. The summed E-state index contributed by atoms with van der Waals surface area (Å²) in [6.07, 6.45) is 0. The molecule has 0 saturated heterocycles. The second-order valence-corrected chi connectivity index (χ2v) is 5.56. The summed E-state index contributed by atoms with van der Waals surface area (Å²) in [5, 5.41) is 0. The monoisotopic (exact) mass is 362 g/mol. The van der Waals surface area contributed by atoms with Crippen molar-refractivity contribution in [2.45, 2.75) is 6.92 Å². The van der Waals surface area contributed by atoms with E-state index < -0.39 is 5.97 Å². The maximum absolute atomic E-state index is 11.9. The number of esters is 1. The first kappa shape index (κ1) is 16.2. The Balaban J connectivity index is 1.79. The van der Waals surface area contributed by atoms with E-state index in [2.05, 4.69) is 15.9 Å². The van der Waals surface area contributed by atoms with E-state index in [0.717, 1.165) is 10.0 Å². The molecule has 0 saturated carbocycles. The van der Waals surface area contributed by atoms with Crippen molar-refractivity contribution in [1.29, 1.82) is 0 Å². The van der Waals surface area contributed by atoms with Crippen LogP contribution in [0.15, 0.2) is 53.0 Å². The molecule has 0 unspecified atom stereocenters. The zero-order valence-corrected chi connectivity index (χ0v) is 13.6. The topological polar surface area (TPSA) is 52.6 Å². The largest absolute Gasteiger partial charge is 0.482 e. The number of carbonyl (C=O) groups excluding carboxylic acids is 2. The fourth-order valence-electron chi connectivity index (χ4n) is 1.76. The van der Waals surface area contributed by atoms with Gasteiger partial charge in [-0.3, -0.25) is 4.79 Å². The Hall–Kier alpha value is -2.14. The van der Waals surface area contributed by atoms with E-state index in [1.54, 1.807) is 30.3 Å². The molecule has 0 radical (unpaired) electrons. The Morgan fingerprint density at radius 3 is 2.36 bits per heavy atom. The fourth-order valence-corrected chi connectivity index (χ4v) is 2.03. The number of ketones is 1. The summed E-state index contributed by atoms with van der Waals surface area (Å²) in [5.41, 5.74) is 1.43. The van der Waals surface area contributed by atoms with Gasteiger partial charge >= 0.3 is 5.97 Å².